The third-order valence-corrected chi connectivity index (χ3v) is 4.97. The zero-order valence-electron chi connectivity index (χ0n) is 15.4. The van der Waals surface area contributed by atoms with E-state index in [4.69, 9.17) is 9.84 Å². The average Bonchev–Trinajstić information content (AvgIpc) is 3.05. The number of amides is 1. The van der Waals surface area contributed by atoms with Crippen LogP contribution in [0.1, 0.15) is 17.5 Å². The number of non-ortho nitro benzene ring substituents is 1. The Morgan fingerprint density at radius 2 is 2.07 bits per heavy atom. The summed E-state index contributed by atoms with van der Waals surface area (Å²) in [5.41, 5.74) is 1.51. The molecule has 10 nitrogen and oxygen atoms in total. The van der Waals surface area contributed by atoms with Gasteiger partial charge in [0.2, 0.25) is 5.91 Å². The Hall–Kier alpha value is -3.73. The number of aliphatic carboxylic acids is 1. The van der Waals surface area contributed by atoms with Gasteiger partial charge in [-0.1, -0.05) is 23.9 Å². The summed E-state index contributed by atoms with van der Waals surface area (Å²) in [5, 5.41) is 29.3. The summed E-state index contributed by atoms with van der Waals surface area (Å²) in [7, 11) is 0. The van der Waals surface area contributed by atoms with Gasteiger partial charge in [0.25, 0.3) is 5.69 Å². The maximum absolute atomic E-state index is 11.7. The van der Waals surface area contributed by atoms with E-state index >= 15 is 0 Å². The molecule has 2 N–H and O–H groups in total. The lowest BCUT2D eigenvalue weighted by Gasteiger charge is -2.06. The number of nitrogens with one attached hydrogen (secondary N) is 1. The van der Waals surface area contributed by atoms with Gasteiger partial charge in [0.05, 0.1) is 17.6 Å². The first-order valence-electron chi connectivity index (χ1n) is 8.67. The molecule has 154 valence electrons. The third kappa shape index (κ3) is 5.88. The molecule has 11 heteroatoms. The minimum atomic E-state index is -1.06. The van der Waals surface area contributed by atoms with Gasteiger partial charge in [-0.15, -0.1) is 5.10 Å². The highest BCUT2D eigenvalue weighted by Gasteiger charge is 2.32. The number of carboxylic acids is 1. The fraction of sp³-hybridized carbons (Fsp3) is 0.158. The molecule has 30 heavy (non-hydrogen) atoms. The van der Waals surface area contributed by atoms with Crippen LogP contribution in [0.15, 0.2) is 58.7 Å². The van der Waals surface area contributed by atoms with E-state index in [-0.39, 0.29) is 23.9 Å². The van der Waals surface area contributed by atoms with Crippen LogP contribution in [0.5, 0.6) is 5.75 Å². The molecule has 3 rings (SSSR count). The second-order valence-corrected chi connectivity index (χ2v) is 7.32. The number of rotatable bonds is 8. The molecule has 1 unspecified atom stereocenters. The first-order valence-corrected chi connectivity index (χ1v) is 9.55. The number of amidine groups is 1. The lowest BCUT2D eigenvalue weighted by Crippen LogP contribution is -2.26. The number of nitrogens with zero attached hydrogens (tertiary/aromatic N) is 3. The molecule has 0 aliphatic carbocycles. The van der Waals surface area contributed by atoms with E-state index in [0.29, 0.717) is 11.3 Å². The standard InChI is InChI=1S/C19H16N4O6S/c24-17(25)9-16-18(26)21-19(30-16)22-20-10-13-2-1-3-15(8-13)29-11-12-4-6-14(7-5-12)23(27)28/h1-8,10,16H,9,11H2,(H,24,25)(H,21,22,26). The number of nitro benzene ring substituents is 1. The molecule has 2 aromatic carbocycles. The second-order valence-electron chi connectivity index (χ2n) is 6.13. The van der Waals surface area contributed by atoms with E-state index < -0.39 is 22.0 Å². The average molecular weight is 428 g/mol. The summed E-state index contributed by atoms with van der Waals surface area (Å²) >= 11 is 1.02. The highest BCUT2D eigenvalue weighted by molar-refractivity contribution is 8.15. The molecule has 0 spiro atoms. The third-order valence-electron chi connectivity index (χ3n) is 3.90. The maximum Gasteiger partial charge on any atom is 0.305 e. The summed E-state index contributed by atoms with van der Waals surface area (Å²) in [6.45, 7) is 0.245. The first-order chi connectivity index (χ1) is 14.4. The van der Waals surface area contributed by atoms with Crippen LogP contribution in [-0.2, 0) is 16.2 Å². The summed E-state index contributed by atoms with van der Waals surface area (Å²) in [6.07, 6.45) is 1.19. The van der Waals surface area contributed by atoms with E-state index in [1.54, 1.807) is 36.4 Å². The molecule has 1 atom stereocenters. The largest absolute Gasteiger partial charge is 0.489 e. The second kappa shape index (κ2) is 9.65. The van der Waals surface area contributed by atoms with Crippen LogP contribution < -0.4 is 10.1 Å². The Morgan fingerprint density at radius 3 is 2.77 bits per heavy atom. The van der Waals surface area contributed by atoms with Crippen LogP contribution in [-0.4, -0.2) is 38.5 Å². The zero-order chi connectivity index (χ0) is 21.5. The van der Waals surface area contributed by atoms with E-state index in [0.717, 1.165) is 17.3 Å². The normalized spacial score (nSPS) is 17.3. The predicted octanol–water partition coefficient (Wildman–Crippen LogP) is 2.57. The molecule has 1 heterocycles. The van der Waals surface area contributed by atoms with Crippen LogP contribution in [0.2, 0.25) is 0 Å². The predicted molar refractivity (Wildman–Crippen MR) is 111 cm³/mol. The van der Waals surface area contributed by atoms with E-state index in [1.165, 1.54) is 18.3 Å². The van der Waals surface area contributed by atoms with Crippen molar-refractivity contribution in [3.63, 3.8) is 0 Å². The number of thioether (sulfide) groups is 1. The Labute approximate surface area is 174 Å². The number of ether oxygens (including phenoxy) is 1. The van der Waals surface area contributed by atoms with Crippen LogP contribution in [0.4, 0.5) is 5.69 Å². The van der Waals surface area contributed by atoms with Gasteiger partial charge in [0.1, 0.15) is 17.6 Å². The van der Waals surface area contributed by atoms with Gasteiger partial charge in [-0.2, -0.15) is 5.10 Å². The van der Waals surface area contributed by atoms with Crippen molar-refractivity contribution in [3.8, 4) is 5.75 Å². The van der Waals surface area contributed by atoms with Crippen molar-refractivity contribution in [1.82, 2.24) is 5.32 Å². The van der Waals surface area contributed by atoms with Gasteiger partial charge in [-0.25, -0.2) is 0 Å². The highest BCUT2D eigenvalue weighted by atomic mass is 32.2. The minimum absolute atomic E-state index is 0.0180. The van der Waals surface area contributed by atoms with Gasteiger partial charge in [-0.3, -0.25) is 19.7 Å². The monoisotopic (exact) mass is 428 g/mol. The molecule has 1 fully saturated rings. The number of carbonyl (C=O) groups is 2. The van der Waals surface area contributed by atoms with Crippen molar-refractivity contribution >= 4 is 40.7 Å². The zero-order valence-corrected chi connectivity index (χ0v) is 16.2. The topological polar surface area (TPSA) is 143 Å². The lowest BCUT2D eigenvalue weighted by molar-refractivity contribution is -0.384. The Kier molecular flexibility index (Phi) is 6.75. The maximum atomic E-state index is 11.7. The Balaban J connectivity index is 1.57. The van der Waals surface area contributed by atoms with Gasteiger partial charge >= 0.3 is 5.97 Å². The summed E-state index contributed by atoms with van der Waals surface area (Å²) < 4.78 is 5.69. The molecule has 1 amide bonds. The molecule has 1 saturated heterocycles. The first kappa shape index (κ1) is 21.0. The summed E-state index contributed by atoms with van der Waals surface area (Å²) in [4.78, 5) is 32.6. The number of nitro groups is 1. The van der Waals surface area contributed by atoms with Crippen molar-refractivity contribution in [3.05, 3.63) is 69.8 Å². The molecule has 0 aromatic heterocycles. The van der Waals surface area contributed by atoms with E-state index in [2.05, 4.69) is 15.5 Å². The quantitative estimate of drug-likeness (QED) is 0.373. The molecule has 2 aromatic rings. The van der Waals surface area contributed by atoms with E-state index in [1.807, 2.05) is 0 Å². The number of carboxylic acid groups (broad SMARTS) is 1. The number of hydrogen-bond donors (Lipinski definition) is 2. The van der Waals surface area contributed by atoms with Gasteiger partial charge in [-0.05, 0) is 35.4 Å². The Bertz CT molecular complexity index is 1020. The molecule has 0 bridgehead atoms. The van der Waals surface area contributed by atoms with Crippen molar-refractivity contribution in [2.75, 3.05) is 0 Å². The number of hydrogen-bond acceptors (Lipinski definition) is 8. The summed E-state index contributed by atoms with van der Waals surface area (Å²) in [6, 6.07) is 13.2. The van der Waals surface area contributed by atoms with Crippen LogP contribution >= 0.6 is 11.8 Å². The van der Waals surface area contributed by atoms with Crippen molar-refractivity contribution in [2.24, 2.45) is 10.2 Å². The number of benzene rings is 2. The van der Waals surface area contributed by atoms with Crippen molar-refractivity contribution < 1.29 is 24.4 Å². The summed E-state index contributed by atoms with van der Waals surface area (Å²) in [5.74, 6) is -0.883. The van der Waals surface area contributed by atoms with Gasteiger partial charge in [0.15, 0.2) is 5.17 Å². The highest BCUT2D eigenvalue weighted by Crippen LogP contribution is 2.22. The van der Waals surface area contributed by atoms with Gasteiger partial charge < -0.3 is 15.2 Å². The Morgan fingerprint density at radius 1 is 1.30 bits per heavy atom. The molecule has 1 aliphatic rings. The van der Waals surface area contributed by atoms with Crippen molar-refractivity contribution in [2.45, 2.75) is 18.3 Å². The molecule has 1 aliphatic heterocycles. The van der Waals surface area contributed by atoms with Crippen LogP contribution in [0, 0.1) is 10.1 Å². The van der Waals surface area contributed by atoms with E-state index in [9.17, 15) is 19.7 Å². The van der Waals surface area contributed by atoms with Gasteiger partial charge in [0, 0.05) is 12.1 Å². The molecular weight excluding hydrogens is 412 g/mol. The van der Waals surface area contributed by atoms with Crippen LogP contribution in [0.3, 0.4) is 0 Å². The molecular formula is C19H16N4O6S. The number of carbonyl (C=O) groups excluding carboxylic acids is 1. The van der Waals surface area contributed by atoms with Crippen LogP contribution in [0.25, 0.3) is 0 Å². The minimum Gasteiger partial charge on any atom is -0.489 e. The fourth-order valence-electron chi connectivity index (χ4n) is 2.46. The molecule has 0 radical (unpaired) electrons. The smallest absolute Gasteiger partial charge is 0.305 e. The lowest BCUT2D eigenvalue weighted by atomic mass is 10.2. The fourth-order valence-corrected chi connectivity index (χ4v) is 3.37. The van der Waals surface area contributed by atoms with Crippen molar-refractivity contribution in [1.29, 1.82) is 0 Å². The SMILES string of the molecule is O=C(O)CC1SC(=NN=Cc2cccc(OCc3ccc([N+](=O)[O-])cc3)c2)NC1=O. The molecule has 0 saturated carbocycles.